The van der Waals surface area contributed by atoms with E-state index in [1.807, 2.05) is 24.3 Å². The molecule has 3 aromatic carbocycles. The largest absolute Gasteiger partial charge is 0.497 e. The van der Waals surface area contributed by atoms with Crippen molar-refractivity contribution in [2.24, 2.45) is 5.92 Å². The van der Waals surface area contributed by atoms with Crippen LogP contribution >= 0.6 is 0 Å². The van der Waals surface area contributed by atoms with E-state index in [0.717, 1.165) is 17.7 Å². The Kier molecular flexibility index (Phi) is 7.76. The fraction of sp³-hybridized carbons (Fsp3) is 0.269. The molecule has 1 atom stereocenters. The summed E-state index contributed by atoms with van der Waals surface area (Å²) in [4.78, 5) is 13.4. The highest BCUT2D eigenvalue weighted by Gasteiger charge is 2.21. The Hall–Kier alpha value is -3.32. The minimum atomic E-state index is -3.76. The van der Waals surface area contributed by atoms with Crippen molar-refractivity contribution in [1.82, 2.24) is 5.32 Å². The Balaban J connectivity index is 1.85. The van der Waals surface area contributed by atoms with Crippen LogP contribution in [0.25, 0.3) is 0 Å². The maximum atomic E-state index is 13.2. The maximum absolute atomic E-state index is 13.2. The first kappa shape index (κ1) is 24.3. The van der Waals surface area contributed by atoms with Gasteiger partial charge in [0, 0.05) is 5.56 Å². The molecule has 0 aliphatic carbocycles. The first-order valence-corrected chi connectivity index (χ1v) is 12.3. The van der Waals surface area contributed by atoms with E-state index in [1.54, 1.807) is 50.4 Å². The summed E-state index contributed by atoms with van der Waals surface area (Å²) in [6.45, 7) is 5.95. The lowest BCUT2D eigenvalue weighted by Gasteiger charge is -2.22. The summed E-state index contributed by atoms with van der Waals surface area (Å²) in [6.07, 6.45) is 0.761. The average Bonchev–Trinajstić information content (AvgIpc) is 2.80. The first-order valence-electron chi connectivity index (χ1n) is 10.8. The van der Waals surface area contributed by atoms with Crippen LogP contribution in [0.3, 0.4) is 0 Å². The molecule has 0 saturated carbocycles. The smallest absolute Gasteiger partial charge is 0.261 e. The molecule has 33 heavy (non-hydrogen) atoms. The van der Waals surface area contributed by atoms with Gasteiger partial charge in [-0.25, -0.2) is 8.42 Å². The molecule has 7 heteroatoms. The number of anilines is 1. The Morgan fingerprint density at radius 3 is 2.21 bits per heavy atom. The van der Waals surface area contributed by atoms with Gasteiger partial charge in [0.15, 0.2) is 0 Å². The minimum Gasteiger partial charge on any atom is -0.497 e. The van der Waals surface area contributed by atoms with Gasteiger partial charge in [-0.3, -0.25) is 9.52 Å². The zero-order valence-corrected chi connectivity index (χ0v) is 20.1. The zero-order chi connectivity index (χ0) is 24.0. The molecule has 0 aliphatic rings. The molecule has 6 nitrogen and oxygen atoms in total. The summed E-state index contributed by atoms with van der Waals surface area (Å²) in [7, 11) is -2.15. The lowest BCUT2D eigenvalue weighted by molar-refractivity contribution is 0.0931. The summed E-state index contributed by atoms with van der Waals surface area (Å²) in [5.74, 6) is 0.861. The second-order valence-corrected chi connectivity index (χ2v) is 10.0. The molecule has 0 aromatic heterocycles. The number of methoxy groups -OCH3 is 1. The predicted molar refractivity (Wildman–Crippen MR) is 131 cm³/mol. The molecule has 0 aliphatic heterocycles. The molecule has 0 spiro atoms. The van der Waals surface area contributed by atoms with Gasteiger partial charge in [-0.2, -0.15) is 0 Å². The molecular weight excluding hydrogens is 436 g/mol. The molecule has 0 unspecified atom stereocenters. The Morgan fingerprint density at radius 1 is 0.939 bits per heavy atom. The van der Waals surface area contributed by atoms with E-state index in [-0.39, 0.29) is 16.8 Å². The SMILES string of the molecule is COc1ccc([C@H](CC(C)C)NC(=O)c2cccc(NS(=O)(=O)c3ccccc3)c2C)cc1. The molecule has 1 amide bonds. The summed E-state index contributed by atoms with van der Waals surface area (Å²) < 4.78 is 33.3. The Morgan fingerprint density at radius 2 is 1.61 bits per heavy atom. The fourth-order valence-electron chi connectivity index (χ4n) is 3.62. The third-order valence-corrected chi connectivity index (χ3v) is 6.79. The summed E-state index contributed by atoms with van der Waals surface area (Å²) in [6, 6.07) is 20.6. The fourth-order valence-corrected chi connectivity index (χ4v) is 4.76. The quantitative estimate of drug-likeness (QED) is 0.447. The number of benzene rings is 3. The van der Waals surface area contributed by atoms with Gasteiger partial charge in [-0.05, 0) is 66.8 Å². The third-order valence-electron chi connectivity index (χ3n) is 5.41. The van der Waals surface area contributed by atoms with E-state index in [1.165, 1.54) is 12.1 Å². The second kappa shape index (κ2) is 10.5. The summed E-state index contributed by atoms with van der Waals surface area (Å²) in [5, 5.41) is 3.12. The number of hydrogen-bond donors (Lipinski definition) is 2. The van der Waals surface area contributed by atoms with E-state index in [0.29, 0.717) is 22.7 Å². The van der Waals surface area contributed by atoms with Gasteiger partial charge in [0.25, 0.3) is 15.9 Å². The second-order valence-electron chi connectivity index (χ2n) is 8.33. The van der Waals surface area contributed by atoms with E-state index in [9.17, 15) is 13.2 Å². The molecule has 2 N–H and O–H groups in total. The van der Waals surface area contributed by atoms with Gasteiger partial charge in [-0.1, -0.05) is 50.2 Å². The van der Waals surface area contributed by atoms with Crippen molar-refractivity contribution in [2.45, 2.75) is 38.1 Å². The van der Waals surface area contributed by atoms with Gasteiger partial charge in [0.05, 0.1) is 23.7 Å². The van der Waals surface area contributed by atoms with Crippen molar-refractivity contribution in [3.63, 3.8) is 0 Å². The predicted octanol–water partition coefficient (Wildman–Crippen LogP) is 5.32. The van der Waals surface area contributed by atoms with Crippen molar-refractivity contribution in [3.05, 3.63) is 89.5 Å². The standard InChI is InChI=1S/C26H30N2O4S/c1-18(2)17-25(20-13-15-21(32-4)16-14-20)27-26(29)23-11-8-12-24(19(23)3)28-33(30,31)22-9-6-5-7-10-22/h5-16,18,25,28H,17H2,1-4H3,(H,27,29)/t25-/m0/s1. The molecule has 0 fully saturated rings. The normalized spacial score (nSPS) is 12.3. The Labute approximate surface area is 196 Å². The molecule has 0 saturated heterocycles. The van der Waals surface area contributed by atoms with Crippen LogP contribution in [0.15, 0.2) is 77.7 Å². The molecule has 0 heterocycles. The highest BCUT2D eigenvalue weighted by molar-refractivity contribution is 7.92. The monoisotopic (exact) mass is 466 g/mol. The van der Waals surface area contributed by atoms with Crippen LogP contribution in [-0.4, -0.2) is 21.4 Å². The lowest BCUT2D eigenvalue weighted by Crippen LogP contribution is -2.30. The molecular formula is C26H30N2O4S. The number of rotatable bonds is 9. The molecule has 0 radical (unpaired) electrons. The number of sulfonamides is 1. The highest BCUT2D eigenvalue weighted by Crippen LogP contribution is 2.26. The number of nitrogens with one attached hydrogen (secondary N) is 2. The van der Waals surface area contributed by atoms with Crippen molar-refractivity contribution < 1.29 is 17.9 Å². The number of ether oxygens (including phenoxy) is 1. The molecule has 3 rings (SSSR count). The molecule has 174 valence electrons. The molecule has 3 aromatic rings. The zero-order valence-electron chi connectivity index (χ0n) is 19.3. The van der Waals surface area contributed by atoms with E-state index in [4.69, 9.17) is 4.74 Å². The minimum absolute atomic E-state index is 0.163. The van der Waals surface area contributed by atoms with Crippen molar-refractivity contribution in [2.75, 3.05) is 11.8 Å². The van der Waals surface area contributed by atoms with E-state index >= 15 is 0 Å². The number of hydrogen-bond acceptors (Lipinski definition) is 4. The topological polar surface area (TPSA) is 84.5 Å². The van der Waals surface area contributed by atoms with Crippen molar-refractivity contribution >= 4 is 21.6 Å². The van der Waals surface area contributed by atoms with Gasteiger partial charge >= 0.3 is 0 Å². The van der Waals surface area contributed by atoms with E-state index < -0.39 is 10.0 Å². The van der Waals surface area contributed by atoms with Crippen LogP contribution in [0.4, 0.5) is 5.69 Å². The van der Waals surface area contributed by atoms with Crippen LogP contribution in [0.2, 0.25) is 0 Å². The van der Waals surface area contributed by atoms with Gasteiger partial charge < -0.3 is 10.1 Å². The number of carbonyl (C=O) groups excluding carboxylic acids is 1. The Bertz CT molecular complexity index is 1190. The maximum Gasteiger partial charge on any atom is 0.261 e. The van der Waals surface area contributed by atoms with Crippen LogP contribution in [0, 0.1) is 12.8 Å². The average molecular weight is 467 g/mol. The van der Waals surface area contributed by atoms with Crippen molar-refractivity contribution in [1.29, 1.82) is 0 Å². The number of amides is 1. The third kappa shape index (κ3) is 6.14. The van der Waals surface area contributed by atoms with Crippen LogP contribution < -0.4 is 14.8 Å². The summed E-state index contributed by atoms with van der Waals surface area (Å²) in [5.41, 5.74) is 2.34. The van der Waals surface area contributed by atoms with Crippen LogP contribution in [0.1, 0.15) is 47.8 Å². The highest BCUT2D eigenvalue weighted by atomic mass is 32.2. The van der Waals surface area contributed by atoms with Gasteiger partial charge in [0.1, 0.15) is 5.75 Å². The van der Waals surface area contributed by atoms with E-state index in [2.05, 4.69) is 23.9 Å². The first-order chi connectivity index (χ1) is 15.7. The lowest BCUT2D eigenvalue weighted by atomic mass is 9.96. The summed E-state index contributed by atoms with van der Waals surface area (Å²) >= 11 is 0. The van der Waals surface area contributed by atoms with Crippen LogP contribution in [-0.2, 0) is 10.0 Å². The molecule has 0 bridgehead atoms. The van der Waals surface area contributed by atoms with Gasteiger partial charge in [0.2, 0.25) is 0 Å². The van der Waals surface area contributed by atoms with Crippen molar-refractivity contribution in [3.8, 4) is 5.75 Å². The van der Waals surface area contributed by atoms with Crippen LogP contribution in [0.5, 0.6) is 5.75 Å². The van der Waals surface area contributed by atoms with Gasteiger partial charge in [-0.15, -0.1) is 0 Å². The number of carbonyl (C=O) groups is 1.